The third-order valence-corrected chi connectivity index (χ3v) is 6.02. The smallest absolute Gasteiger partial charge is 0.260 e. The zero-order valence-electron chi connectivity index (χ0n) is 15.2. The van der Waals surface area contributed by atoms with Crippen molar-refractivity contribution in [2.75, 3.05) is 0 Å². The molecule has 1 atom stereocenters. The van der Waals surface area contributed by atoms with Crippen LogP contribution in [0.15, 0.2) is 44.1 Å². The zero-order chi connectivity index (χ0) is 19.7. The third-order valence-electron chi connectivity index (χ3n) is 4.17. The molecule has 9 heteroatoms. The molecule has 0 radical (unpaired) electrons. The topological polar surface area (TPSA) is 84.7 Å². The first kappa shape index (κ1) is 18.8. The molecule has 0 saturated heterocycles. The van der Waals surface area contributed by atoms with Crippen LogP contribution in [-0.2, 0) is 6.42 Å². The maximum Gasteiger partial charge on any atom is 0.260 e. The molecule has 0 aliphatic heterocycles. The SMILES string of the molecule is CCCc1noc([C@@H](C)Sc2nc3scc(-c4ccc(F)cc4)c3c(=O)[nH]2)n1. The summed E-state index contributed by atoms with van der Waals surface area (Å²) in [7, 11) is 0. The van der Waals surface area contributed by atoms with Crippen LogP contribution in [0.4, 0.5) is 4.39 Å². The Morgan fingerprint density at radius 1 is 1.29 bits per heavy atom. The highest BCUT2D eigenvalue weighted by Gasteiger charge is 2.19. The van der Waals surface area contributed by atoms with Crippen LogP contribution in [0.25, 0.3) is 21.3 Å². The van der Waals surface area contributed by atoms with E-state index in [-0.39, 0.29) is 16.6 Å². The summed E-state index contributed by atoms with van der Waals surface area (Å²) in [5.41, 5.74) is 1.31. The van der Waals surface area contributed by atoms with Gasteiger partial charge < -0.3 is 9.51 Å². The number of hydrogen-bond donors (Lipinski definition) is 1. The fourth-order valence-corrected chi connectivity index (χ4v) is 4.64. The molecule has 144 valence electrons. The lowest BCUT2D eigenvalue weighted by Crippen LogP contribution is -2.09. The van der Waals surface area contributed by atoms with Crippen molar-refractivity contribution in [1.82, 2.24) is 20.1 Å². The number of benzene rings is 1. The van der Waals surface area contributed by atoms with E-state index in [1.807, 2.05) is 12.3 Å². The number of aromatic nitrogens is 4. The molecule has 4 rings (SSSR count). The van der Waals surface area contributed by atoms with Gasteiger partial charge >= 0.3 is 0 Å². The minimum atomic E-state index is -0.314. The Bertz CT molecular complexity index is 1170. The van der Waals surface area contributed by atoms with Crippen molar-refractivity contribution < 1.29 is 8.91 Å². The van der Waals surface area contributed by atoms with E-state index in [0.717, 1.165) is 24.0 Å². The summed E-state index contributed by atoms with van der Waals surface area (Å²) in [6.45, 7) is 3.98. The van der Waals surface area contributed by atoms with Crippen LogP contribution in [0.2, 0.25) is 0 Å². The number of hydrogen-bond acceptors (Lipinski definition) is 7. The van der Waals surface area contributed by atoms with Gasteiger partial charge in [-0.1, -0.05) is 36.0 Å². The normalized spacial score (nSPS) is 12.5. The summed E-state index contributed by atoms with van der Waals surface area (Å²) in [5.74, 6) is 0.879. The predicted molar refractivity (Wildman–Crippen MR) is 108 cm³/mol. The quantitative estimate of drug-likeness (QED) is 0.352. The number of thioether (sulfide) groups is 1. The highest BCUT2D eigenvalue weighted by molar-refractivity contribution is 7.99. The highest BCUT2D eigenvalue weighted by Crippen LogP contribution is 2.35. The maximum atomic E-state index is 13.2. The summed E-state index contributed by atoms with van der Waals surface area (Å²) in [6.07, 6.45) is 1.71. The monoisotopic (exact) mass is 416 g/mol. The average Bonchev–Trinajstić information content (AvgIpc) is 3.30. The summed E-state index contributed by atoms with van der Waals surface area (Å²) in [4.78, 5) is 25.1. The van der Waals surface area contributed by atoms with Crippen molar-refractivity contribution in [3.05, 3.63) is 57.5 Å². The van der Waals surface area contributed by atoms with E-state index in [1.165, 1.54) is 35.2 Å². The average molecular weight is 417 g/mol. The summed E-state index contributed by atoms with van der Waals surface area (Å²) in [6, 6.07) is 6.07. The van der Waals surface area contributed by atoms with Gasteiger partial charge in [-0.15, -0.1) is 11.3 Å². The van der Waals surface area contributed by atoms with Gasteiger partial charge in [0.15, 0.2) is 11.0 Å². The molecule has 0 fully saturated rings. The van der Waals surface area contributed by atoms with Gasteiger partial charge in [0.05, 0.1) is 10.6 Å². The number of aryl methyl sites for hydroxylation is 1. The Kier molecular flexibility index (Phi) is 5.27. The van der Waals surface area contributed by atoms with Crippen molar-refractivity contribution in [1.29, 1.82) is 0 Å². The summed E-state index contributed by atoms with van der Waals surface area (Å²) < 4.78 is 18.5. The fourth-order valence-electron chi connectivity index (χ4n) is 2.80. The Morgan fingerprint density at radius 2 is 2.07 bits per heavy atom. The third kappa shape index (κ3) is 3.72. The van der Waals surface area contributed by atoms with Crippen LogP contribution in [-0.4, -0.2) is 20.1 Å². The highest BCUT2D eigenvalue weighted by atomic mass is 32.2. The second kappa shape index (κ2) is 7.84. The molecule has 0 spiro atoms. The molecule has 0 aliphatic carbocycles. The lowest BCUT2D eigenvalue weighted by atomic mass is 10.1. The molecule has 0 bridgehead atoms. The lowest BCUT2D eigenvalue weighted by Gasteiger charge is -2.05. The van der Waals surface area contributed by atoms with Crippen LogP contribution in [0.1, 0.15) is 37.2 Å². The van der Waals surface area contributed by atoms with Crippen molar-refractivity contribution >= 4 is 33.3 Å². The van der Waals surface area contributed by atoms with Gasteiger partial charge in [0.1, 0.15) is 10.6 Å². The van der Waals surface area contributed by atoms with Crippen molar-refractivity contribution in [3.63, 3.8) is 0 Å². The number of H-pyrrole nitrogens is 1. The van der Waals surface area contributed by atoms with Gasteiger partial charge in [0.2, 0.25) is 5.89 Å². The zero-order valence-corrected chi connectivity index (χ0v) is 16.9. The van der Waals surface area contributed by atoms with Crippen molar-refractivity contribution in [3.8, 4) is 11.1 Å². The maximum absolute atomic E-state index is 13.2. The lowest BCUT2D eigenvalue weighted by molar-refractivity contribution is 0.374. The first-order valence-electron chi connectivity index (χ1n) is 8.81. The Hall–Kier alpha value is -2.52. The Morgan fingerprint density at radius 3 is 2.82 bits per heavy atom. The Labute approximate surface area is 168 Å². The molecule has 4 aromatic rings. The van der Waals surface area contributed by atoms with Crippen LogP contribution in [0, 0.1) is 5.82 Å². The number of nitrogens with one attached hydrogen (secondary N) is 1. The molecule has 28 heavy (non-hydrogen) atoms. The number of thiophene rings is 1. The summed E-state index contributed by atoms with van der Waals surface area (Å²) in [5, 5.41) is 6.69. The fraction of sp³-hybridized carbons (Fsp3) is 0.263. The molecular formula is C19H17FN4O2S2. The first-order chi connectivity index (χ1) is 13.5. The van der Waals surface area contributed by atoms with E-state index < -0.39 is 0 Å². The molecule has 1 N–H and O–H groups in total. The summed E-state index contributed by atoms with van der Waals surface area (Å²) >= 11 is 2.74. The molecular weight excluding hydrogens is 399 g/mol. The van der Waals surface area contributed by atoms with Gasteiger partial charge in [0.25, 0.3) is 5.56 Å². The van der Waals surface area contributed by atoms with Gasteiger partial charge in [0, 0.05) is 17.4 Å². The van der Waals surface area contributed by atoms with E-state index in [9.17, 15) is 9.18 Å². The van der Waals surface area contributed by atoms with Crippen LogP contribution in [0.5, 0.6) is 0 Å². The first-order valence-corrected chi connectivity index (χ1v) is 10.6. The molecule has 0 unspecified atom stereocenters. The standard InChI is InChI=1S/C19H17FN4O2S2/c1-3-4-14-21-17(26-24-14)10(2)28-19-22-16(25)15-13(9-27-18(15)23-19)11-5-7-12(20)8-6-11/h5-10H,3-4H2,1-2H3,(H,22,23,25)/t10-/m1/s1. The van der Waals surface area contributed by atoms with Crippen molar-refractivity contribution in [2.24, 2.45) is 0 Å². The minimum Gasteiger partial charge on any atom is -0.338 e. The molecule has 0 amide bonds. The predicted octanol–water partition coefficient (Wildman–Crippen LogP) is 4.98. The van der Waals surface area contributed by atoms with Gasteiger partial charge in [-0.05, 0) is 31.0 Å². The molecule has 3 heterocycles. The number of nitrogens with zero attached hydrogens (tertiary/aromatic N) is 3. The van der Waals surface area contributed by atoms with Gasteiger partial charge in [-0.25, -0.2) is 9.37 Å². The minimum absolute atomic E-state index is 0.143. The van der Waals surface area contributed by atoms with E-state index in [0.29, 0.717) is 27.1 Å². The number of rotatable bonds is 6. The van der Waals surface area contributed by atoms with E-state index >= 15 is 0 Å². The van der Waals surface area contributed by atoms with E-state index in [1.54, 1.807) is 12.1 Å². The largest absolute Gasteiger partial charge is 0.338 e. The van der Waals surface area contributed by atoms with Gasteiger partial charge in [-0.3, -0.25) is 4.79 Å². The second-order valence-corrected chi connectivity index (χ2v) is 8.45. The molecule has 0 aliphatic rings. The van der Waals surface area contributed by atoms with Gasteiger partial charge in [-0.2, -0.15) is 4.98 Å². The van der Waals surface area contributed by atoms with E-state index in [4.69, 9.17) is 4.52 Å². The molecule has 1 aromatic carbocycles. The van der Waals surface area contributed by atoms with Crippen LogP contribution in [0.3, 0.4) is 0 Å². The van der Waals surface area contributed by atoms with Crippen LogP contribution >= 0.6 is 23.1 Å². The van der Waals surface area contributed by atoms with E-state index in [2.05, 4.69) is 27.0 Å². The molecule has 6 nitrogen and oxygen atoms in total. The number of fused-ring (bicyclic) bond motifs is 1. The molecule has 3 aromatic heterocycles. The number of halogens is 1. The Balaban J connectivity index is 1.62. The number of aromatic amines is 1. The second-order valence-electron chi connectivity index (χ2n) is 6.27. The molecule has 0 saturated carbocycles. The van der Waals surface area contributed by atoms with Crippen LogP contribution < -0.4 is 5.56 Å². The van der Waals surface area contributed by atoms with Crippen molar-refractivity contribution in [2.45, 2.75) is 37.1 Å².